The summed E-state index contributed by atoms with van der Waals surface area (Å²) in [5.41, 5.74) is 0. The Kier molecular flexibility index (Phi) is 6.49. The molecule has 2 aromatic rings. The largest absolute Gasteiger partial charge is 0.480 e. The Balaban J connectivity index is 1.67. The zero-order valence-corrected chi connectivity index (χ0v) is 14.2. The zero-order chi connectivity index (χ0) is 16.7. The van der Waals surface area contributed by atoms with Crippen molar-refractivity contribution in [1.29, 1.82) is 0 Å². The lowest BCUT2D eigenvalue weighted by molar-refractivity contribution is -0.150. The van der Waals surface area contributed by atoms with Crippen molar-refractivity contribution in [2.24, 2.45) is 0 Å². The first-order valence-corrected chi connectivity index (χ1v) is 7.74. The Morgan fingerprint density at radius 2 is 2.09 bits per heavy atom. The first kappa shape index (κ1) is 17.4. The second kappa shape index (κ2) is 8.59. The van der Waals surface area contributed by atoms with Gasteiger partial charge in [0.1, 0.15) is 11.5 Å². The average Bonchev–Trinajstić information content (AvgIpc) is 3.03. The van der Waals surface area contributed by atoms with E-state index in [1.54, 1.807) is 30.3 Å². The van der Waals surface area contributed by atoms with E-state index < -0.39 is 18.5 Å². The molecular formula is C15H13BrClNO5. The Morgan fingerprint density at radius 3 is 2.78 bits per heavy atom. The molecule has 1 heterocycles. The van der Waals surface area contributed by atoms with Gasteiger partial charge in [0.2, 0.25) is 0 Å². The lowest BCUT2D eigenvalue weighted by atomic mass is 10.3. The quantitative estimate of drug-likeness (QED) is 0.721. The van der Waals surface area contributed by atoms with Crippen molar-refractivity contribution in [2.75, 3.05) is 13.2 Å². The van der Waals surface area contributed by atoms with Gasteiger partial charge in [-0.1, -0.05) is 27.5 Å². The van der Waals surface area contributed by atoms with Gasteiger partial charge in [-0.05, 0) is 30.3 Å². The summed E-state index contributed by atoms with van der Waals surface area (Å²) in [5.74, 6) is -0.138. The van der Waals surface area contributed by atoms with Crippen LogP contribution in [0.2, 0.25) is 5.02 Å². The van der Waals surface area contributed by atoms with Crippen molar-refractivity contribution >= 4 is 39.4 Å². The van der Waals surface area contributed by atoms with E-state index in [4.69, 9.17) is 25.5 Å². The molecule has 0 saturated heterocycles. The van der Waals surface area contributed by atoms with Gasteiger partial charge in [0.05, 0.1) is 17.8 Å². The van der Waals surface area contributed by atoms with Crippen molar-refractivity contribution in [3.05, 3.63) is 51.9 Å². The van der Waals surface area contributed by atoms with Crippen LogP contribution in [0.25, 0.3) is 0 Å². The van der Waals surface area contributed by atoms with Crippen molar-refractivity contribution in [2.45, 2.75) is 6.54 Å². The number of rotatable bonds is 7. The van der Waals surface area contributed by atoms with E-state index >= 15 is 0 Å². The van der Waals surface area contributed by atoms with Crippen LogP contribution in [-0.2, 0) is 20.9 Å². The molecule has 0 atom stereocenters. The van der Waals surface area contributed by atoms with Crippen molar-refractivity contribution in [1.82, 2.24) is 5.32 Å². The molecule has 1 N–H and O–H groups in total. The molecule has 0 aliphatic rings. The first-order chi connectivity index (χ1) is 11.0. The molecule has 122 valence electrons. The number of carbonyl (C=O) groups excluding carboxylic acids is 2. The van der Waals surface area contributed by atoms with E-state index in [1.165, 1.54) is 6.26 Å². The predicted molar refractivity (Wildman–Crippen MR) is 86.2 cm³/mol. The van der Waals surface area contributed by atoms with E-state index in [1.807, 2.05) is 0 Å². The summed E-state index contributed by atoms with van der Waals surface area (Å²) in [4.78, 5) is 23.0. The maximum Gasteiger partial charge on any atom is 0.344 e. The molecule has 0 fully saturated rings. The van der Waals surface area contributed by atoms with Crippen LogP contribution in [0.5, 0.6) is 5.75 Å². The molecule has 0 aliphatic heterocycles. The highest BCUT2D eigenvalue weighted by Gasteiger charge is 2.10. The third-order valence-corrected chi connectivity index (χ3v) is 3.43. The highest BCUT2D eigenvalue weighted by atomic mass is 79.9. The minimum Gasteiger partial charge on any atom is -0.480 e. The summed E-state index contributed by atoms with van der Waals surface area (Å²) in [6.07, 6.45) is 1.51. The molecule has 23 heavy (non-hydrogen) atoms. The number of furan rings is 1. The molecule has 6 nitrogen and oxygen atoms in total. The van der Waals surface area contributed by atoms with E-state index in [0.717, 1.165) is 4.47 Å². The van der Waals surface area contributed by atoms with E-state index in [0.29, 0.717) is 16.5 Å². The van der Waals surface area contributed by atoms with Crippen LogP contribution >= 0.6 is 27.5 Å². The Bertz CT molecular complexity index is 675. The molecule has 1 aromatic carbocycles. The number of hydrogen-bond donors (Lipinski definition) is 1. The monoisotopic (exact) mass is 401 g/mol. The van der Waals surface area contributed by atoms with Gasteiger partial charge in [-0.2, -0.15) is 0 Å². The van der Waals surface area contributed by atoms with Gasteiger partial charge >= 0.3 is 5.97 Å². The number of halogens is 2. The molecular weight excluding hydrogens is 390 g/mol. The molecule has 0 saturated carbocycles. The number of hydrogen-bond acceptors (Lipinski definition) is 5. The molecule has 0 spiro atoms. The lowest BCUT2D eigenvalue weighted by Crippen LogP contribution is -2.29. The number of esters is 1. The number of nitrogens with one attached hydrogen (secondary N) is 1. The third-order valence-electron chi connectivity index (χ3n) is 2.64. The number of amides is 1. The van der Waals surface area contributed by atoms with E-state index in [2.05, 4.69) is 21.2 Å². The SMILES string of the molecule is O=C(COC(=O)COc1ccc(Br)cc1Cl)NCc1ccco1. The van der Waals surface area contributed by atoms with Crippen LogP contribution < -0.4 is 10.1 Å². The van der Waals surface area contributed by atoms with E-state index in [9.17, 15) is 9.59 Å². The topological polar surface area (TPSA) is 77.8 Å². The molecule has 1 amide bonds. The minimum absolute atomic E-state index is 0.231. The lowest BCUT2D eigenvalue weighted by Gasteiger charge is -2.08. The summed E-state index contributed by atoms with van der Waals surface area (Å²) < 4.78 is 15.9. The number of carbonyl (C=O) groups is 2. The Morgan fingerprint density at radius 1 is 1.26 bits per heavy atom. The normalized spacial score (nSPS) is 10.2. The van der Waals surface area contributed by atoms with Crippen LogP contribution in [-0.4, -0.2) is 25.1 Å². The number of benzene rings is 1. The summed E-state index contributed by atoms with van der Waals surface area (Å²) in [5, 5.41) is 2.92. The molecule has 1 aromatic heterocycles. The fourth-order valence-corrected chi connectivity index (χ4v) is 2.29. The predicted octanol–water partition coefficient (Wildman–Crippen LogP) is 2.93. The smallest absolute Gasteiger partial charge is 0.344 e. The third kappa shape index (κ3) is 5.96. The molecule has 0 radical (unpaired) electrons. The van der Waals surface area contributed by atoms with Gasteiger partial charge < -0.3 is 19.2 Å². The summed E-state index contributed by atoms with van der Waals surface area (Å²) in [6, 6.07) is 8.43. The minimum atomic E-state index is -0.669. The van der Waals surface area contributed by atoms with Crippen LogP contribution in [0.4, 0.5) is 0 Å². The highest BCUT2D eigenvalue weighted by Crippen LogP contribution is 2.27. The highest BCUT2D eigenvalue weighted by molar-refractivity contribution is 9.10. The van der Waals surface area contributed by atoms with Crippen LogP contribution in [0, 0.1) is 0 Å². The first-order valence-electron chi connectivity index (χ1n) is 6.57. The Labute approximate surface area is 145 Å². The second-order valence-corrected chi connectivity index (χ2v) is 5.70. The van der Waals surface area contributed by atoms with Gasteiger partial charge in [0.15, 0.2) is 13.2 Å². The molecule has 2 rings (SSSR count). The summed E-state index contributed by atoms with van der Waals surface area (Å²) >= 11 is 9.21. The molecule has 0 bridgehead atoms. The number of ether oxygens (including phenoxy) is 2. The van der Waals surface area contributed by atoms with Crippen LogP contribution in [0.1, 0.15) is 5.76 Å². The Hall–Kier alpha value is -1.99. The van der Waals surface area contributed by atoms with Crippen molar-refractivity contribution < 1.29 is 23.5 Å². The second-order valence-electron chi connectivity index (χ2n) is 4.38. The molecule has 8 heteroatoms. The maximum absolute atomic E-state index is 11.5. The van der Waals surface area contributed by atoms with Gasteiger partial charge in [-0.25, -0.2) is 4.79 Å². The maximum atomic E-state index is 11.5. The fourth-order valence-electron chi connectivity index (χ4n) is 1.57. The van der Waals surface area contributed by atoms with Crippen LogP contribution in [0.3, 0.4) is 0 Å². The average molecular weight is 403 g/mol. The zero-order valence-electron chi connectivity index (χ0n) is 11.9. The fraction of sp³-hybridized carbons (Fsp3) is 0.200. The molecule has 0 unspecified atom stereocenters. The van der Waals surface area contributed by atoms with Gasteiger partial charge in [-0.15, -0.1) is 0 Å². The summed E-state index contributed by atoms with van der Waals surface area (Å²) in [7, 11) is 0. The molecule has 0 aliphatic carbocycles. The van der Waals surface area contributed by atoms with Crippen LogP contribution in [0.15, 0.2) is 45.5 Å². The van der Waals surface area contributed by atoms with Crippen molar-refractivity contribution in [3.8, 4) is 5.75 Å². The van der Waals surface area contributed by atoms with Gasteiger partial charge in [0.25, 0.3) is 5.91 Å². The summed E-state index contributed by atoms with van der Waals surface area (Å²) in [6.45, 7) is -0.502. The van der Waals surface area contributed by atoms with Gasteiger partial charge in [-0.3, -0.25) is 4.79 Å². The van der Waals surface area contributed by atoms with Crippen molar-refractivity contribution in [3.63, 3.8) is 0 Å². The standard InChI is InChI=1S/C15H13BrClNO5/c16-10-3-4-13(12(17)6-10)22-9-15(20)23-8-14(19)18-7-11-2-1-5-21-11/h1-6H,7-9H2,(H,18,19). The van der Waals surface area contributed by atoms with Gasteiger partial charge in [0, 0.05) is 4.47 Å². The van der Waals surface area contributed by atoms with E-state index in [-0.39, 0.29) is 13.2 Å².